The number of benzene rings is 6. The molecule has 0 bridgehead atoms. The maximum Gasteiger partial charge on any atom is 0.231 e. The molecule has 7 aromatic rings. The third-order valence-corrected chi connectivity index (χ3v) is 11.6. The lowest BCUT2D eigenvalue weighted by Gasteiger charge is -2.42. The summed E-state index contributed by atoms with van der Waals surface area (Å²) in [5.74, 6) is 1.40. The summed E-state index contributed by atoms with van der Waals surface area (Å²) in [5, 5.41) is 8.74. The van der Waals surface area contributed by atoms with Crippen LogP contribution < -0.4 is 4.90 Å². The molecule has 0 radical (unpaired) electrons. The van der Waals surface area contributed by atoms with Crippen molar-refractivity contribution < 1.29 is 0 Å². The maximum atomic E-state index is 5.54. The lowest BCUT2D eigenvalue weighted by atomic mass is 9.65. The first kappa shape index (κ1) is 27.8. The molecule has 0 spiro atoms. The van der Waals surface area contributed by atoms with Crippen LogP contribution in [0.3, 0.4) is 0 Å². The molecule has 3 aliphatic carbocycles. The van der Waals surface area contributed by atoms with E-state index in [0.29, 0.717) is 5.92 Å². The van der Waals surface area contributed by atoms with E-state index in [1.165, 1.54) is 54.7 Å². The van der Waals surface area contributed by atoms with Crippen LogP contribution >= 0.6 is 0 Å². The van der Waals surface area contributed by atoms with Crippen molar-refractivity contribution in [2.75, 3.05) is 4.90 Å². The van der Waals surface area contributed by atoms with Crippen LogP contribution in [0.15, 0.2) is 169 Å². The van der Waals surface area contributed by atoms with Crippen molar-refractivity contribution in [2.24, 2.45) is 11.8 Å². The monoisotopic (exact) mass is 639 g/mol. The van der Waals surface area contributed by atoms with Crippen molar-refractivity contribution in [2.45, 2.75) is 18.4 Å². The Labute approximate surface area is 290 Å². The Morgan fingerprint density at radius 3 is 2.18 bits per heavy atom. The first-order valence-corrected chi connectivity index (χ1v) is 17.6. The fraction of sp³-hybridized carbons (Fsp3) is 0.106. The molecule has 0 fully saturated rings. The van der Waals surface area contributed by atoms with Gasteiger partial charge < -0.3 is 4.90 Å². The largest absolute Gasteiger partial charge is 0.300 e. The Hall–Kier alpha value is -6.06. The Morgan fingerprint density at radius 2 is 1.32 bits per heavy atom. The molecular weight excluding hydrogens is 607 g/mol. The van der Waals surface area contributed by atoms with E-state index in [1.54, 1.807) is 0 Å². The zero-order valence-electron chi connectivity index (χ0n) is 27.7. The fourth-order valence-corrected chi connectivity index (χ4v) is 9.44. The number of hydrogen-bond donors (Lipinski definition) is 0. The minimum atomic E-state index is -0.444. The van der Waals surface area contributed by atoms with Crippen molar-refractivity contribution in [3.8, 4) is 11.3 Å². The summed E-state index contributed by atoms with van der Waals surface area (Å²) in [5.41, 5.74) is 7.97. The first-order chi connectivity index (χ1) is 24.7. The fourth-order valence-electron chi connectivity index (χ4n) is 9.44. The standard InChI is InChI=1S/C47H33N3/c1-47-27-26-38-36-18-7-6-16-34(36)35-17-8-9-19-37(35)42(38)44(47)43-33-15-5-4-13-30(33)24-25-41(43)50(47)46-48-40-21-11-10-20-39(40)45(49-46)32-23-22-29-12-2-3-14-31(29)28-32/h2-28,30,33,44H,1H3. The topological polar surface area (TPSA) is 29.0 Å². The number of aromatic nitrogens is 2. The number of hydrogen-bond acceptors (Lipinski definition) is 3. The maximum absolute atomic E-state index is 5.54. The summed E-state index contributed by atoms with van der Waals surface area (Å²) < 4.78 is 0. The minimum Gasteiger partial charge on any atom is -0.300 e. The van der Waals surface area contributed by atoms with Crippen LogP contribution in [0.4, 0.5) is 5.95 Å². The van der Waals surface area contributed by atoms with Crippen molar-refractivity contribution in [3.63, 3.8) is 0 Å². The summed E-state index contributed by atoms with van der Waals surface area (Å²) in [6.45, 7) is 2.40. The van der Waals surface area contributed by atoms with Gasteiger partial charge in [0.1, 0.15) is 0 Å². The van der Waals surface area contributed by atoms with Crippen LogP contribution in [-0.4, -0.2) is 15.5 Å². The van der Waals surface area contributed by atoms with E-state index in [2.05, 4.69) is 176 Å². The zero-order chi connectivity index (χ0) is 33.0. The van der Waals surface area contributed by atoms with E-state index < -0.39 is 5.54 Å². The molecule has 236 valence electrons. The highest BCUT2D eigenvalue weighted by Crippen LogP contribution is 2.60. The second kappa shape index (κ2) is 10.2. The number of nitrogens with zero attached hydrogens (tertiary/aromatic N) is 3. The average Bonchev–Trinajstić information content (AvgIpc) is 3.46. The van der Waals surface area contributed by atoms with Gasteiger partial charge in [0.15, 0.2) is 0 Å². The van der Waals surface area contributed by atoms with Crippen molar-refractivity contribution in [1.29, 1.82) is 0 Å². The SMILES string of the molecule is CC12C=Cc3c(c4ccccc4c4ccccc34)C1C1=C(C=CC3C=CC=CC13)N2c1nc(-c2ccc3ccccc3c2)c2ccccc2n1. The molecular formula is C47H33N3. The van der Waals surface area contributed by atoms with Crippen LogP contribution in [0, 0.1) is 11.8 Å². The summed E-state index contributed by atoms with van der Waals surface area (Å²) in [7, 11) is 0. The van der Waals surface area contributed by atoms with Gasteiger partial charge in [0.05, 0.1) is 16.7 Å². The summed E-state index contributed by atoms with van der Waals surface area (Å²) >= 11 is 0. The number of fused-ring (bicyclic) bond motifs is 13. The number of rotatable bonds is 2. The van der Waals surface area contributed by atoms with Gasteiger partial charge in [-0.1, -0.05) is 146 Å². The highest BCUT2D eigenvalue weighted by molar-refractivity contribution is 6.14. The van der Waals surface area contributed by atoms with Crippen LogP contribution in [0.25, 0.3) is 60.6 Å². The van der Waals surface area contributed by atoms with Crippen LogP contribution in [-0.2, 0) is 0 Å². The minimum absolute atomic E-state index is 0.0970. The summed E-state index contributed by atoms with van der Waals surface area (Å²) in [6.07, 6.45) is 18.8. The molecule has 1 aromatic heterocycles. The van der Waals surface area contributed by atoms with Crippen LogP contribution in [0.1, 0.15) is 24.0 Å². The second-order valence-corrected chi connectivity index (χ2v) is 14.3. The highest BCUT2D eigenvalue weighted by Gasteiger charge is 2.55. The van der Waals surface area contributed by atoms with Crippen LogP contribution in [0.5, 0.6) is 0 Å². The lowest BCUT2D eigenvalue weighted by molar-refractivity contribution is 0.484. The molecule has 4 atom stereocenters. The van der Waals surface area contributed by atoms with Gasteiger partial charge in [-0.15, -0.1) is 0 Å². The molecule has 4 aliphatic rings. The van der Waals surface area contributed by atoms with Gasteiger partial charge in [-0.3, -0.25) is 0 Å². The van der Waals surface area contributed by atoms with Gasteiger partial charge in [0, 0.05) is 34.4 Å². The first-order valence-electron chi connectivity index (χ1n) is 17.6. The van der Waals surface area contributed by atoms with Crippen molar-refractivity contribution in [3.05, 3.63) is 180 Å². The Bertz CT molecular complexity index is 2760. The Kier molecular flexibility index (Phi) is 5.70. The average molecular weight is 640 g/mol. The van der Waals surface area contributed by atoms with Gasteiger partial charge in [-0.2, -0.15) is 0 Å². The summed E-state index contributed by atoms with van der Waals surface area (Å²) in [4.78, 5) is 13.4. The molecule has 1 aliphatic heterocycles. The predicted molar refractivity (Wildman–Crippen MR) is 208 cm³/mol. The van der Waals surface area contributed by atoms with Gasteiger partial charge in [-0.05, 0) is 74.1 Å². The molecule has 3 nitrogen and oxygen atoms in total. The van der Waals surface area contributed by atoms with E-state index in [9.17, 15) is 0 Å². The smallest absolute Gasteiger partial charge is 0.231 e. The van der Waals surface area contributed by atoms with E-state index in [4.69, 9.17) is 9.97 Å². The molecule has 11 rings (SSSR count). The Morgan fingerprint density at radius 1 is 0.620 bits per heavy atom. The third kappa shape index (κ3) is 3.75. The molecule has 0 amide bonds. The second-order valence-electron chi connectivity index (χ2n) is 14.3. The quantitative estimate of drug-likeness (QED) is 0.176. The van der Waals surface area contributed by atoms with Gasteiger partial charge >= 0.3 is 0 Å². The van der Waals surface area contributed by atoms with E-state index in [-0.39, 0.29) is 11.8 Å². The highest BCUT2D eigenvalue weighted by atomic mass is 15.3. The lowest BCUT2D eigenvalue weighted by Crippen LogP contribution is -2.46. The molecule has 0 N–H and O–H groups in total. The van der Waals surface area contributed by atoms with Gasteiger partial charge in [0.25, 0.3) is 0 Å². The normalized spacial score (nSPS) is 23.1. The summed E-state index contributed by atoms with van der Waals surface area (Å²) in [6, 6.07) is 41.6. The Balaban J connectivity index is 1.21. The van der Waals surface area contributed by atoms with Crippen molar-refractivity contribution in [1.82, 2.24) is 9.97 Å². The number of para-hydroxylation sites is 1. The van der Waals surface area contributed by atoms with Gasteiger partial charge in [0.2, 0.25) is 5.95 Å². The van der Waals surface area contributed by atoms with Crippen LogP contribution in [0.2, 0.25) is 0 Å². The van der Waals surface area contributed by atoms with Crippen molar-refractivity contribution >= 4 is 55.2 Å². The third-order valence-electron chi connectivity index (χ3n) is 11.6. The van der Waals surface area contributed by atoms with E-state index >= 15 is 0 Å². The van der Waals surface area contributed by atoms with E-state index in [1.807, 2.05) is 0 Å². The molecule has 50 heavy (non-hydrogen) atoms. The molecule has 3 heteroatoms. The number of anilines is 1. The molecule has 6 aromatic carbocycles. The molecule has 2 heterocycles. The van der Waals surface area contributed by atoms with Gasteiger partial charge in [-0.25, -0.2) is 9.97 Å². The predicted octanol–water partition coefficient (Wildman–Crippen LogP) is 11.3. The molecule has 0 saturated heterocycles. The van der Waals surface area contributed by atoms with E-state index in [0.717, 1.165) is 28.1 Å². The molecule has 0 saturated carbocycles. The number of allylic oxidation sites excluding steroid dienone is 6. The zero-order valence-corrected chi connectivity index (χ0v) is 27.7. The molecule has 4 unspecified atom stereocenters.